The van der Waals surface area contributed by atoms with Gasteiger partial charge in [-0.1, -0.05) is 32.0 Å². The van der Waals surface area contributed by atoms with E-state index in [0.717, 1.165) is 13.1 Å². The van der Waals surface area contributed by atoms with Gasteiger partial charge < -0.3 is 15.0 Å². The van der Waals surface area contributed by atoms with Gasteiger partial charge in [-0.05, 0) is 18.9 Å². The topological polar surface area (TPSA) is 24.5 Å². The first-order chi connectivity index (χ1) is 9.20. The molecule has 106 valence electrons. The van der Waals surface area contributed by atoms with Crippen molar-refractivity contribution in [2.24, 2.45) is 0 Å². The van der Waals surface area contributed by atoms with E-state index in [0.29, 0.717) is 18.7 Å². The minimum absolute atomic E-state index is 0.555. The zero-order valence-electron chi connectivity index (χ0n) is 12.4. The molecular formula is C16H26N2O. The van der Waals surface area contributed by atoms with Crippen LogP contribution >= 0.6 is 0 Å². The van der Waals surface area contributed by atoms with Crippen LogP contribution in [-0.4, -0.2) is 32.3 Å². The first kappa shape index (κ1) is 14.4. The third kappa shape index (κ3) is 3.95. The van der Waals surface area contributed by atoms with E-state index in [9.17, 15) is 0 Å². The molecule has 1 aromatic rings. The van der Waals surface area contributed by atoms with Gasteiger partial charge >= 0.3 is 0 Å². The Morgan fingerprint density at radius 2 is 2.16 bits per heavy atom. The quantitative estimate of drug-likeness (QED) is 0.883. The molecule has 0 aromatic heterocycles. The molecule has 0 saturated carbocycles. The Labute approximate surface area is 116 Å². The van der Waals surface area contributed by atoms with Crippen LogP contribution in [0, 0.1) is 0 Å². The summed E-state index contributed by atoms with van der Waals surface area (Å²) in [4.78, 5) is 2.50. The summed E-state index contributed by atoms with van der Waals surface area (Å²) in [6, 6.07) is 9.74. The van der Waals surface area contributed by atoms with E-state index in [-0.39, 0.29) is 0 Å². The number of para-hydroxylation sites is 1. The van der Waals surface area contributed by atoms with Crippen LogP contribution in [0.25, 0.3) is 0 Å². The maximum Gasteiger partial charge on any atom is 0.0733 e. The van der Waals surface area contributed by atoms with Gasteiger partial charge in [0.25, 0.3) is 0 Å². The summed E-state index contributed by atoms with van der Waals surface area (Å²) in [5.41, 5.74) is 2.62. The zero-order valence-corrected chi connectivity index (χ0v) is 12.4. The molecule has 0 amide bonds. The van der Waals surface area contributed by atoms with Gasteiger partial charge in [0.2, 0.25) is 0 Å². The first-order valence-corrected chi connectivity index (χ1v) is 7.28. The Morgan fingerprint density at radius 3 is 2.89 bits per heavy atom. The number of rotatable bonds is 5. The summed E-state index contributed by atoms with van der Waals surface area (Å²) < 4.78 is 5.31. The highest BCUT2D eigenvalue weighted by atomic mass is 16.5. The summed E-state index contributed by atoms with van der Waals surface area (Å²) in [5, 5.41) is 3.66. The molecule has 0 bridgehead atoms. The Hall–Kier alpha value is -1.06. The van der Waals surface area contributed by atoms with E-state index >= 15 is 0 Å². The minimum atomic E-state index is 0.555. The lowest BCUT2D eigenvalue weighted by Gasteiger charge is -2.36. The normalized spacial score (nSPS) is 20.0. The first-order valence-electron chi connectivity index (χ1n) is 7.28. The summed E-state index contributed by atoms with van der Waals surface area (Å²) in [5.74, 6) is 0. The lowest BCUT2D eigenvalue weighted by Crippen LogP contribution is -2.48. The smallest absolute Gasteiger partial charge is 0.0733 e. The summed E-state index contributed by atoms with van der Waals surface area (Å²) in [7, 11) is 1.76. The van der Waals surface area contributed by atoms with Crippen molar-refractivity contribution in [1.82, 2.24) is 5.32 Å². The molecule has 3 nitrogen and oxygen atoms in total. The molecule has 1 aliphatic heterocycles. The molecule has 1 aliphatic rings. The summed E-state index contributed by atoms with van der Waals surface area (Å²) in [6.45, 7) is 7.38. The maximum absolute atomic E-state index is 5.31. The van der Waals surface area contributed by atoms with Gasteiger partial charge in [0.05, 0.1) is 6.61 Å². The van der Waals surface area contributed by atoms with Crippen molar-refractivity contribution in [3.63, 3.8) is 0 Å². The van der Waals surface area contributed by atoms with Crippen molar-refractivity contribution in [2.45, 2.75) is 45.4 Å². The second-order valence-electron chi connectivity index (χ2n) is 5.67. The third-order valence-electron chi connectivity index (χ3n) is 3.62. The van der Waals surface area contributed by atoms with Gasteiger partial charge in [-0.3, -0.25) is 0 Å². The number of methoxy groups -OCH3 is 1. The van der Waals surface area contributed by atoms with Crippen molar-refractivity contribution < 1.29 is 4.74 Å². The standard InChI is InChI=1S/C16H26N2O/c1-13(2)17-15-8-6-10-18(11-15)16-9-5-4-7-14(16)12-19-3/h4-5,7,9,13,15,17H,6,8,10-12H2,1-3H3. The number of benzene rings is 1. The van der Waals surface area contributed by atoms with Crippen molar-refractivity contribution in [3.05, 3.63) is 29.8 Å². The lowest BCUT2D eigenvalue weighted by molar-refractivity contribution is 0.185. The molecule has 0 aliphatic carbocycles. The highest BCUT2D eigenvalue weighted by molar-refractivity contribution is 5.53. The maximum atomic E-state index is 5.31. The average Bonchev–Trinajstić information content (AvgIpc) is 2.39. The zero-order chi connectivity index (χ0) is 13.7. The SMILES string of the molecule is COCc1ccccc1N1CCCC(NC(C)C)C1. The third-order valence-corrected chi connectivity index (χ3v) is 3.62. The van der Waals surface area contributed by atoms with Crippen LogP contribution in [0.4, 0.5) is 5.69 Å². The van der Waals surface area contributed by atoms with Crippen molar-refractivity contribution in [1.29, 1.82) is 0 Å². The van der Waals surface area contributed by atoms with Crippen molar-refractivity contribution in [3.8, 4) is 0 Å². The van der Waals surface area contributed by atoms with E-state index in [2.05, 4.69) is 48.3 Å². The van der Waals surface area contributed by atoms with Gasteiger partial charge in [0, 0.05) is 43.5 Å². The molecule has 1 atom stereocenters. The highest BCUT2D eigenvalue weighted by Gasteiger charge is 2.21. The molecular weight excluding hydrogens is 236 g/mol. The van der Waals surface area contributed by atoms with Gasteiger partial charge in [-0.25, -0.2) is 0 Å². The van der Waals surface area contributed by atoms with Crippen LogP contribution < -0.4 is 10.2 Å². The van der Waals surface area contributed by atoms with Gasteiger partial charge in [0.15, 0.2) is 0 Å². The van der Waals surface area contributed by atoms with Gasteiger partial charge in [-0.2, -0.15) is 0 Å². The average molecular weight is 262 g/mol. The number of nitrogens with zero attached hydrogens (tertiary/aromatic N) is 1. The van der Waals surface area contributed by atoms with E-state index in [1.807, 2.05) is 0 Å². The largest absolute Gasteiger partial charge is 0.380 e. The molecule has 3 heteroatoms. The molecule has 1 heterocycles. The van der Waals surface area contributed by atoms with Crippen LogP contribution in [0.1, 0.15) is 32.3 Å². The number of anilines is 1. The number of hydrogen-bond donors (Lipinski definition) is 1. The molecule has 1 fully saturated rings. The predicted octanol–water partition coefficient (Wildman–Crippen LogP) is 2.80. The number of hydrogen-bond acceptors (Lipinski definition) is 3. The van der Waals surface area contributed by atoms with Crippen molar-refractivity contribution >= 4 is 5.69 Å². The predicted molar refractivity (Wildman–Crippen MR) is 80.7 cm³/mol. The number of ether oxygens (including phenoxy) is 1. The van der Waals surface area contributed by atoms with Crippen LogP contribution in [0.15, 0.2) is 24.3 Å². The summed E-state index contributed by atoms with van der Waals surface area (Å²) in [6.07, 6.45) is 2.53. The molecule has 2 rings (SSSR count). The van der Waals surface area contributed by atoms with Gasteiger partial charge in [0.1, 0.15) is 0 Å². The fourth-order valence-corrected chi connectivity index (χ4v) is 2.90. The second-order valence-corrected chi connectivity index (χ2v) is 5.67. The lowest BCUT2D eigenvalue weighted by atomic mass is 10.0. The molecule has 1 N–H and O–H groups in total. The minimum Gasteiger partial charge on any atom is -0.380 e. The Bertz CT molecular complexity index is 392. The molecule has 1 aromatic carbocycles. The monoisotopic (exact) mass is 262 g/mol. The van der Waals surface area contributed by atoms with Crippen LogP contribution in [-0.2, 0) is 11.3 Å². The molecule has 19 heavy (non-hydrogen) atoms. The second kappa shape index (κ2) is 6.92. The highest BCUT2D eigenvalue weighted by Crippen LogP contribution is 2.24. The van der Waals surface area contributed by atoms with E-state index < -0.39 is 0 Å². The molecule has 1 unspecified atom stereocenters. The fourth-order valence-electron chi connectivity index (χ4n) is 2.90. The van der Waals surface area contributed by atoms with Crippen LogP contribution in [0.5, 0.6) is 0 Å². The summed E-state index contributed by atoms with van der Waals surface area (Å²) >= 11 is 0. The molecule has 0 spiro atoms. The van der Waals surface area contributed by atoms with Crippen molar-refractivity contribution in [2.75, 3.05) is 25.1 Å². The molecule has 1 saturated heterocycles. The fraction of sp³-hybridized carbons (Fsp3) is 0.625. The van der Waals surface area contributed by atoms with Crippen LogP contribution in [0.3, 0.4) is 0 Å². The number of piperidine rings is 1. The molecule has 0 radical (unpaired) electrons. The van der Waals surface area contributed by atoms with E-state index in [4.69, 9.17) is 4.74 Å². The Morgan fingerprint density at radius 1 is 1.37 bits per heavy atom. The Balaban J connectivity index is 2.08. The Kier molecular flexibility index (Phi) is 5.23. The van der Waals surface area contributed by atoms with E-state index in [1.54, 1.807) is 7.11 Å². The van der Waals surface area contributed by atoms with Gasteiger partial charge in [-0.15, -0.1) is 0 Å². The number of nitrogens with one attached hydrogen (secondary N) is 1. The van der Waals surface area contributed by atoms with Crippen LogP contribution in [0.2, 0.25) is 0 Å². The van der Waals surface area contributed by atoms with E-state index in [1.165, 1.54) is 24.1 Å².